The Kier molecular flexibility index (Phi) is 6.16. The first-order chi connectivity index (χ1) is 15.6. The molecule has 156 valence electrons. The molecule has 1 aromatic heterocycles. The van der Waals surface area contributed by atoms with E-state index in [4.69, 9.17) is 10.4 Å². The maximum Gasteiger partial charge on any atom is 0.346 e. The number of nitriles is 1. The molecule has 32 heavy (non-hydrogen) atoms. The quantitative estimate of drug-likeness (QED) is 0.257. The van der Waals surface area contributed by atoms with Gasteiger partial charge in [-0.05, 0) is 66.6 Å². The summed E-state index contributed by atoms with van der Waals surface area (Å²) in [6, 6.07) is 32.4. The lowest BCUT2D eigenvalue weighted by atomic mass is 10.1. The summed E-state index contributed by atoms with van der Waals surface area (Å²) < 4.78 is 0. The molecule has 0 atom stereocenters. The van der Waals surface area contributed by atoms with Gasteiger partial charge in [-0.3, -0.25) is 0 Å². The van der Waals surface area contributed by atoms with Crippen molar-refractivity contribution in [2.75, 3.05) is 4.90 Å². The molecule has 0 saturated heterocycles. The summed E-state index contributed by atoms with van der Waals surface area (Å²) in [5.41, 5.74) is 5.01. The second kappa shape index (κ2) is 9.34. The van der Waals surface area contributed by atoms with Gasteiger partial charge in [-0.15, -0.1) is 11.3 Å². The molecular weight excluding hydrogens is 416 g/mol. The average molecular weight is 437 g/mol. The maximum atomic E-state index is 11.1. The minimum Gasteiger partial charge on any atom is -0.477 e. The second-order valence-electron chi connectivity index (χ2n) is 7.19. The Morgan fingerprint density at radius 2 is 1.44 bits per heavy atom. The number of hydrogen-bond donors (Lipinski definition) is 1. The van der Waals surface area contributed by atoms with Crippen LogP contribution in [0, 0.1) is 18.3 Å². The Labute approximate surface area is 190 Å². The third-order valence-electron chi connectivity index (χ3n) is 4.99. The highest BCUT2D eigenvalue weighted by molar-refractivity contribution is 7.16. The molecular formula is C27H20N2O2S. The monoisotopic (exact) mass is 436 g/mol. The first-order valence-corrected chi connectivity index (χ1v) is 10.8. The van der Waals surface area contributed by atoms with E-state index < -0.39 is 5.97 Å². The Morgan fingerprint density at radius 3 is 1.94 bits per heavy atom. The van der Waals surface area contributed by atoms with Crippen molar-refractivity contribution in [3.8, 4) is 16.5 Å². The van der Waals surface area contributed by atoms with Gasteiger partial charge < -0.3 is 10.0 Å². The molecule has 5 heteroatoms. The number of aliphatic carboxylic acids is 1. The summed E-state index contributed by atoms with van der Waals surface area (Å²) in [5.74, 6) is -1.22. The van der Waals surface area contributed by atoms with Crippen LogP contribution in [-0.4, -0.2) is 11.1 Å². The molecule has 4 aromatic rings. The average Bonchev–Trinajstić information content (AvgIpc) is 3.19. The van der Waals surface area contributed by atoms with Crippen molar-refractivity contribution in [3.63, 3.8) is 0 Å². The Morgan fingerprint density at radius 1 is 0.906 bits per heavy atom. The van der Waals surface area contributed by atoms with Crippen LogP contribution in [0.25, 0.3) is 16.5 Å². The van der Waals surface area contributed by atoms with Gasteiger partial charge in [-0.25, -0.2) is 4.79 Å². The molecule has 4 nitrogen and oxygen atoms in total. The normalized spacial score (nSPS) is 11.1. The molecule has 0 fully saturated rings. The van der Waals surface area contributed by atoms with E-state index in [2.05, 4.69) is 53.4 Å². The highest BCUT2D eigenvalue weighted by Crippen LogP contribution is 2.38. The predicted octanol–water partition coefficient (Wildman–Crippen LogP) is 7.18. The lowest BCUT2D eigenvalue weighted by Gasteiger charge is -2.25. The first kappa shape index (κ1) is 21.1. The van der Waals surface area contributed by atoms with E-state index in [0.717, 1.165) is 37.9 Å². The van der Waals surface area contributed by atoms with Crippen molar-refractivity contribution >= 4 is 40.4 Å². The number of benzene rings is 3. The lowest BCUT2D eigenvalue weighted by Crippen LogP contribution is -2.09. The van der Waals surface area contributed by atoms with Gasteiger partial charge >= 0.3 is 5.97 Å². The molecule has 1 heterocycles. The van der Waals surface area contributed by atoms with Crippen LogP contribution in [0.2, 0.25) is 0 Å². The Balaban J connectivity index is 1.70. The topological polar surface area (TPSA) is 64.3 Å². The molecule has 0 aliphatic heterocycles. The van der Waals surface area contributed by atoms with Crippen LogP contribution in [0.4, 0.5) is 17.1 Å². The van der Waals surface area contributed by atoms with E-state index in [-0.39, 0.29) is 5.57 Å². The van der Waals surface area contributed by atoms with Gasteiger partial charge in [0.2, 0.25) is 0 Å². The van der Waals surface area contributed by atoms with E-state index in [1.807, 2.05) is 49.4 Å². The van der Waals surface area contributed by atoms with Crippen molar-refractivity contribution in [3.05, 3.63) is 107 Å². The number of aryl methyl sites for hydroxylation is 1. The van der Waals surface area contributed by atoms with Crippen molar-refractivity contribution in [1.82, 2.24) is 0 Å². The number of carbonyl (C=O) groups is 1. The molecule has 0 unspecified atom stereocenters. The number of anilines is 3. The van der Waals surface area contributed by atoms with E-state index in [1.165, 1.54) is 17.4 Å². The van der Waals surface area contributed by atoms with Crippen molar-refractivity contribution in [2.45, 2.75) is 6.92 Å². The summed E-state index contributed by atoms with van der Waals surface area (Å²) in [7, 11) is 0. The number of para-hydroxylation sites is 2. The fraction of sp³-hybridized carbons (Fsp3) is 0.0370. The SMILES string of the molecule is Cc1cc(/C=C(/C#N)C(=O)O)sc1-c1ccc(N(c2ccccc2)c2ccccc2)cc1. The third kappa shape index (κ3) is 4.46. The number of nitrogens with zero attached hydrogens (tertiary/aromatic N) is 2. The van der Waals surface area contributed by atoms with Crippen LogP contribution in [0.15, 0.2) is 96.6 Å². The molecule has 3 aromatic carbocycles. The number of thiophene rings is 1. The maximum absolute atomic E-state index is 11.1. The third-order valence-corrected chi connectivity index (χ3v) is 6.22. The van der Waals surface area contributed by atoms with Crippen LogP contribution in [0.5, 0.6) is 0 Å². The van der Waals surface area contributed by atoms with Crippen LogP contribution in [0.1, 0.15) is 10.4 Å². The van der Waals surface area contributed by atoms with Crippen molar-refractivity contribution in [1.29, 1.82) is 5.26 Å². The van der Waals surface area contributed by atoms with E-state index in [0.29, 0.717) is 0 Å². The van der Waals surface area contributed by atoms with Crippen LogP contribution in [0.3, 0.4) is 0 Å². The molecule has 0 bridgehead atoms. The number of rotatable bonds is 6. The molecule has 1 N–H and O–H groups in total. The Bertz CT molecular complexity index is 1260. The minimum absolute atomic E-state index is 0.269. The zero-order valence-corrected chi connectivity index (χ0v) is 18.2. The van der Waals surface area contributed by atoms with Gasteiger partial charge in [0.15, 0.2) is 0 Å². The molecule has 0 aliphatic carbocycles. The fourth-order valence-corrected chi connectivity index (χ4v) is 4.63. The standard InChI is InChI=1S/C27H20N2O2S/c1-19-16-25(17-21(18-28)27(30)31)32-26(19)20-12-14-24(15-13-20)29(22-8-4-2-5-9-22)23-10-6-3-7-11-23/h2-17H,1H3,(H,30,31)/b21-17-. The zero-order valence-electron chi connectivity index (χ0n) is 17.4. The number of hydrogen-bond acceptors (Lipinski definition) is 4. The van der Waals surface area contributed by atoms with Gasteiger partial charge in [0.25, 0.3) is 0 Å². The summed E-state index contributed by atoms with van der Waals surface area (Å²) in [6.45, 7) is 1.99. The summed E-state index contributed by atoms with van der Waals surface area (Å²) in [6.07, 6.45) is 1.42. The largest absolute Gasteiger partial charge is 0.477 e. The summed E-state index contributed by atoms with van der Waals surface area (Å²) in [4.78, 5) is 15.1. The van der Waals surface area contributed by atoms with Gasteiger partial charge in [0.1, 0.15) is 11.6 Å². The van der Waals surface area contributed by atoms with Gasteiger partial charge in [0, 0.05) is 26.8 Å². The minimum atomic E-state index is -1.22. The molecule has 0 spiro atoms. The number of carboxylic acid groups (broad SMARTS) is 1. The van der Waals surface area contributed by atoms with Gasteiger partial charge in [-0.1, -0.05) is 48.5 Å². The molecule has 0 aliphatic rings. The highest BCUT2D eigenvalue weighted by Gasteiger charge is 2.14. The van der Waals surface area contributed by atoms with E-state index in [9.17, 15) is 4.79 Å². The second-order valence-corrected chi connectivity index (χ2v) is 8.27. The number of carboxylic acids is 1. The van der Waals surface area contributed by atoms with Gasteiger partial charge in [0.05, 0.1) is 0 Å². The van der Waals surface area contributed by atoms with Crippen LogP contribution >= 0.6 is 11.3 Å². The van der Waals surface area contributed by atoms with Crippen molar-refractivity contribution in [2.24, 2.45) is 0 Å². The van der Waals surface area contributed by atoms with Crippen LogP contribution < -0.4 is 4.90 Å². The smallest absolute Gasteiger partial charge is 0.346 e. The first-order valence-electron chi connectivity index (χ1n) is 10.0. The predicted molar refractivity (Wildman–Crippen MR) is 130 cm³/mol. The van der Waals surface area contributed by atoms with E-state index in [1.54, 1.807) is 6.07 Å². The van der Waals surface area contributed by atoms with Crippen molar-refractivity contribution < 1.29 is 9.90 Å². The fourth-order valence-electron chi connectivity index (χ4n) is 3.51. The molecule has 4 rings (SSSR count). The molecule has 0 radical (unpaired) electrons. The zero-order chi connectivity index (χ0) is 22.5. The molecule has 0 amide bonds. The Hall–Kier alpha value is -4.14. The summed E-state index contributed by atoms with van der Waals surface area (Å²) >= 11 is 1.48. The lowest BCUT2D eigenvalue weighted by molar-refractivity contribution is -0.132. The molecule has 0 saturated carbocycles. The van der Waals surface area contributed by atoms with Gasteiger partial charge in [-0.2, -0.15) is 5.26 Å². The van der Waals surface area contributed by atoms with E-state index >= 15 is 0 Å². The highest BCUT2D eigenvalue weighted by atomic mass is 32.1. The van der Waals surface area contributed by atoms with Crippen LogP contribution in [-0.2, 0) is 4.79 Å². The summed E-state index contributed by atoms with van der Waals surface area (Å²) in [5, 5.41) is 18.1.